The second-order valence-corrected chi connectivity index (χ2v) is 5.54. The molecule has 1 N–H and O–H groups in total. The van der Waals surface area contributed by atoms with Gasteiger partial charge in [-0.3, -0.25) is 4.79 Å². The molecule has 0 spiro atoms. The molecular formula is C16H23NO. The van der Waals surface area contributed by atoms with Crippen LogP contribution in [-0.4, -0.2) is 5.91 Å². The zero-order valence-corrected chi connectivity index (χ0v) is 11.4. The Kier molecular flexibility index (Phi) is 4.40. The maximum absolute atomic E-state index is 11.7. The van der Waals surface area contributed by atoms with Gasteiger partial charge >= 0.3 is 0 Å². The zero-order valence-electron chi connectivity index (χ0n) is 11.4. The van der Waals surface area contributed by atoms with Crippen molar-refractivity contribution in [1.29, 1.82) is 0 Å². The molecule has 1 aromatic rings. The highest BCUT2D eigenvalue weighted by atomic mass is 16.1. The molecular weight excluding hydrogens is 222 g/mol. The van der Waals surface area contributed by atoms with Crippen molar-refractivity contribution in [2.75, 3.05) is 0 Å². The number of carbonyl (C=O) groups excluding carboxylic acids is 1. The van der Waals surface area contributed by atoms with Crippen LogP contribution < -0.4 is 5.32 Å². The molecule has 98 valence electrons. The predicted octanol–water partition coefficient (Wildman–Crippen LogP) is 3.93. The van der Waals surface area contributed by atoms with Gasteiger partial charge < -0.3 is 5.32 Å². The lowest BCUT2D eigenvalue weighted by Crippen LogP contribution is -2.29. The minimum atomic E-state index is 0.202. The third-order valence-electron chi connectivity index (χ3n) is 3.74. The summed E-state index contributed by atoms with van der Waals surface area (Å²) in [6.45, 7) is 4.40. The fraction of sp³-hybridized carbons (Fsp3) is 0.562. The van der Waals surface area contributed by atoms with Crippen molar-refractivity contribution in [2.24, 2.45) is 0 Å². The molecule has 1 unspecified atom stereocenters. The second-order valence-electron chi connectivity index (χ2n) is 5.54. The summed E-state index contributed by atoms with van der Waals surface area (Å²) in [5.41, 5.74) is 2.60. The van der Waals surface area contributed by atoms with Gasteiger partial charge in [-0.15, -0.1) is 0 Å². The van der Waals surface area contributed by atoms with Gasteiger partial charge in [0.15, 0.2) is 0 Å². The van der Waals surface area contributed by atoms with Gasteiger partial charge in [0, 0.05) is 6.42 Å². The van der Waals surface area contributed by atoms with Gasteiger partial charge in [-0.2, -0.15) is 0 Å². The smallest absolute Gasteiger partial charge is 0.220 e. The van der Waals surface area contributed by atoms with Gasteiger partial charge in [0.25, 0.3) is 0 Å². The van der Waals surface area contributed by atoms with Crippen LogP contribution in [0.25, 0.3) is 0 Å². The normalized spacial score (nSPS) is 21.3. The van der Waals surface area contributed by atoms with E-state index in [0.29, 0.717) is 12.3 Å². The van der Waals surface area contributed by atoms with Crippen molar-refractivity contribution >= 4 is 5.91 Å². The fourth-order valence-corrected chi connectivity index (χ4v) is 2.51. The fourth-order valence-electron chi connectivity index (χ4n) is 2.51. The number of amides is 1. The van der Waals surface area contributed by atoms with Crippen molar-refractivity contribution in [3.8, 4) is 0 Å². The molecule has 2 heteroatoms. The van der Waals surface area contributed by atoms with Crippen molar-refractivity contribution in [2.45, 2.75) is 57.9 Å². The summed E-state index contributed by atoms with van der Waals surface area (Å²) in [5.74, 6) is 0.763. The third kappa shape index (κ3) is 3.34. The van der Waals surface area contributed by atoms with Crippen LogP contribution in [0, 0.1) is 0 Å². The molecule has 1 fully saturated rings. The second kappa shape index (κ2) is 6.03. The Morgan fingerprint density at radius 2 is 1.83 bits per heavy atom. The topological polar surface area (TPSA) is 29.1 Å². The maximum Gasteiger partial charge on any atom is 0.220 e. The first kappa shape index (κ1) is 13.1. The number of carbonyl (C=O) groups is 1. The predicted molar refractivity (Wildman–Crippen MR) is 74.5 cm³/mol. The van der Waals surface area contributed by atoms with Crippen LogP contribution in [0.15, 0.2) is 24.3 Å². The van der Waals surface area contributed by atoms with E-state index in [0.717, 1.165) is 12.8 Å². The van der Waals surface area contributed by atoms with E-state index in [4.69, 9.17) is 0 Å². The quantitative estimate of drug-likeness (QED) is 0.840. The van der Waals surface area contributed by atoms with Crippen LogP contribution in [0.1, 0.15) is 69.0 Å². The highest BCUT2D eigenvalue weighted by Gasteiger charge is 2.16. The average Bonchev–Trinajstić information content (AvgIpc) is 2.34. The summed E-state index contributed by atoms with van der Waals surface area (Å²) >= 11 is 0. The zero-order chi connectivity index (χ0) is 13.0. The maximum atomic E-state index is 11.7. The molecule has 18 heavy (non-hydrogen) atoms. The van der Waals surface area contributed by atoms with Crippen molar-refractivity contribution < 1.29 is 4.79 Å². The van der Waals surface area contributed by atoms with Crippen molar-refractivity contribution in [1.82, 2.24) is 5.32 Å². The van der Waals surface area contributed by atoms with Gasteiger partial charge in [-0.1, -0.05) is 51.0 Å². The number of hydrogen-bond acceptors (Lipinski definition) is 1. The molecule has 2 rings (SSSR count). The minimum Gasteiger partial charge on any atom is -0.349 e. The Bertz CT molecular complexity index is 394. The molecule has 1 aliphatic heterocycles. The molecule has 2 nitrogen and oxygen atoms in total. The monoisotopic (exact) mass is 245 g/mol. The molecule has 1 aliphatic rings. The molecule has 1 atom stereocenters. The minimum absolute atomic E-state index is 0.202. The van der Waals surface area contributed by atoms with E-state index in [9.17, 15) is 4.79 Å². The largest absolute Gasteiger partial charge is 0.349 e. The Morgan fingerprint density at radius 1 is 1.11 bits per heavy atom. The molecule has 1 saturated heterocycles. The molecule has 0 aromatic heterocycles. The first-order chi connectivity index (χ1) is 8.66. The van der Waals surface area contributed by atoms with Crippen LogP contribution in [0.3, 0.4) is 0 Å². The number of rotatable bonds is 2. The van der Waals surface area contributed by atoms with E-state index in [1.807, 2.05) is 0 Å². The van der Waals surface area contributed by atoms with Crippen LogP contribution in [0.4, 0.5) is 0 Å². The molecule has 1 heterocycles. The van der Waals surface area contributed by atoms with Crippen LogP contribution >= 0.6 is 0 Å². The highest BCUT2D eigenvalue weighted by molar-refractivity contribution is 5.76. The molecule has 1 aromatic carbocycles. The first-order valence-electron chi connectivity index (χ1n) is 7.06. The van der Waals surface area contributed by atoms with E-state index in [2.05, 4.69) is 43.4 Å². The molecule has 0 aliphatic carbocycles. The SMILES string of the molecule is CC(C)c1ccc(C2CCCCCC(=O)N2)cc1. The van der Waals surface area contributed by atoms with Crippen LogP contribution in [-0.2, 0) is 4.79 Å². The van der Waals surface area contributed by atoms with Gasteiger partial charge in [0.05, 0.1) is 6.04 Å². The van der Waals surface area contributed by atoms with Crippen molar-refractivity contribution in [3.63, 3.8) is 0 Å². The van der Waals surface area contributed by atoms with E-state index in [-0.39, 0.29) is 11.9 Å². The van der Waals surface area contributed by atoms with E-state index < -0.39 is 0 Å². The molecule has 0 radical (unpaired) electrons. The van der Waals surface area contributed by atoms with Crippen molar-refractivity contribution in [3.05, 3.63) is 35.4 Å². The third-order valence-corrected chi connectivity index (χ3v) is 3.74. The summed E-state index contributed by atoms with van der Waals surface area (Å²) < 4.78 is 0. The number of nitrogens with one attached hydrogen (secondary N) is 1. The standard InChI is InChI=1S/C16H23NO/c1-12(2)13-8-10-14(11-9-13)15-6-4-3-5-7-16(18)17-15/h8-12,15H,3-7H2,1-2H3,(H,17,18). The summed E-state index contributed by atoms with van der Waals surface area (Å²) in [4.78, 5) is 11.7. The Hall–Kier alpha value is -1.31. The summed E-state index contributed by atoms with van der Waals surface area (Å²) in [7, 11) is 0. The lowest BCUT2D eigenvalue weighted by atomic mass is 9.95. The van der Waals surface area contributed by atoms with Gasteiger partial charge in [0.2, 0.25) is 5.91 Å². The molecule has 0 bridgehead atoms. The lowest BCUT2D eigenvalue weighted by molar-refractivity contribution is -0.122. The number of hydrogen-bond donors (Lipinski definition) is 1. The van der Waals surface area contributed by atoms with Gasteiger partial charge in [0.1, 0.15) is 0 Å². The molecule has 0 saturated carbocycles. The number of benzene rings is 1. The lowest BCUT2D eigenvalue weighted by Gasteiger charge is -2.22. The average molecular weight is 245 g/mol. The van der Waals surface area contributed by atoms with Crippen LogP contribution in [0.2, 0.25) is 0 Å². The Morgan fingerprint density at radius 3 is 2.50 bits per heavy atom. The van der Waals surface area contributed by atoms with E-state index in [1.165, 1.54) is 24.0 Å². The first-order valence-corrected chi connectivity index (χ1v) is 7.06. The Balaban J connectivity index is 2.10. The van der Waals surface area contributed by atoms with E-state index >= 15 is 0 Å². The summed E-state index contributed by atoms with van der Waals surface area (Å²) in [6, 6.07) is 8.92. The summed E-state index contributed by atoms with van der Waals surface area (Å²) in [6.07, 6.45) is 5.16. The molecule has 1 amide bonds. The van der Waals surface area contributed by atoms with E-state index in [1.54, 1.807) is 0 Å². The van der Waals surface area contributed by atoms with Crippen LogP contribution in [0.5, 0.6) is 0 Å². The Labute approximate surface area is 110 Å². The van der Waals surface area contributed by atoms with Gasteiger partial charge in [-0.05, 0) is 29.9 Å². The summed E-state index contributed by atoms with van der Waals surface area (Å²) in [5, 5.41) is 3.14. The highest BCUT2D eigenvalue weighted by Crippen LogP contribution is 2.24. The van der Waals surface area contributed by atoms with Gasteiger partial charge in [-0.25, -0.2) is 0 Å².